The fraction of sp³-hybridized carbons (Fsp3) is 0.667. The summed E-state index contributed by atoms with van der Waals surface area (Å²) in [6, 6.07) is 9.19. The average molecular weight is 274 g/mol. The molecule has 0 aromatic heterocycles. The van der Waals surface area contributed by atoms with Gasteiger partial charge in [-0.25, -0.2) is 0 Å². The fourth-order valence-corrected chi connectivity index (χ4v) is 2.83. The number of aryl methyl sites for hydroxylation is 1. The van der Waals surface area contributed by atoms with Crippen molar-refractivity contribution in [2.45, 2.75) is 40.0 Å². The van der Waals surface area contributed by atoms with Gasteiger partial charge in [0.15, 0.2) is 0 Å². The van der Waals surface area contributed by atoms with Gasteiger partial charge in [0, 0.05) is 31.9 Å². The quantitative estimate of drug-likeness (QED) is 0.778. The Morgan fingerprint density at radius 1 is 1.00 bits per heavy atom. The second-order valence-electron chi connectivity index (χ2n) is 6.43. The highest BCUT2D eigenvalue weighted by molar-refractivity contribution is 5.48. The van der Waals surface area contributed by atoms with Crippen molar-refractivity contribution in [3.8, 4) is 0 Å². The SMILES string of the molecule is CCCc1ccc(N2CCN(CCC(C)C)CC2)cc1. The first-order valence-corrected chi connectivity index (χ1v) is 8.25. The molecule has 0 aliphatic carbocycles. The van der Waals surface area contributed by atoms with Gasteiger partial charge in [-0.2, -0.15) is 0 Å². The Morgan fingerprint density at radius 3 is 2.20 bits per heavy atom. The first-order chi connectivity index (χ1) is 9.69. The van der Waals surface area contributed by atoms with Gasteiger partial charge in [0.25, 0.3) is 0 Å². The van der Waals surface area contributed by atoms with Gasteiger partial charge in [0.2, 0.25) is 0 Å². The lowest BCUT2D eigenvalue weighted by Gasteiger charge is -2.36. The fourth-order valence-electron chi connectivity index (χ4n) is 2.83. The standard InChI is InChI=1S/C18H30N2/c1-4-5-17-6-8-18(9-7-17)20-14-12-19(13-15-20)11-10-16(2)3/h6-9,16H,4-5,10-15H2,1-3H3. The van der Waals surface area contributed by atoms with E-state index in [1.165, 1.54) is 63.2 Å². The Morgan fingerprint density at radius 2 is 1.65 bits per heavy atom. The molecule has 0 radical (unpaired) electrons. The van der Waals surface area contributed by atoms with E-state index in [4.69, 9.17) is 0 Å². The smallest absolute Gasteiger partial charge is 0.0367 e. The first-order valence-electron chi connectivity index (χ1n) is 8.25. The molecule has 0 atom stereocenters. The third-order valence-corrected chi connectivity index (χ3v) is 4.24. The summed E-state index contributed by atoms with van der Waals surface area (Å²) >= 11 is 0. The summed E-state index contributed by atoms with van der Waals surface area (Å²) < 4.78 is 0. The van der Waals surface area contributed by atoms with Crippen LogP contribution in [0.3, 0.4) is 0 Å². The minimum absolute atomic E-state index is 0.819. The molecule has 0 saturated carbocycles. The van der Waals surface area contributed by atoms with Crippen molar-refractivity contribution >= 4 is 5.69 Å². The zero-order valence-electron chi connectivity index (χ0n) is 13.4. The molecule has 0 unspecified atom stereocenters. The van der Waals surface area contributed by atoms with Crippen LogP contribution in [-0.2, 0) is 6.42 Å². The minimum Gasteiger partial charge on any atom is -0.369 e. The van der Waals surface area contributed by atoms with Crippen molar-refractivity contribution in [3.05, 3.63) is 29.8 Å². The minimum atomic E-state index is 0.819. The van der Waals surface area contributed by atoms with Crippen LogP contribution < -0.4 is 4.90 Å². The highest BCUT2D eigenvalue weighted by atomic mass is 15.3. The highest BCUT2D eigenvalue weighted by Gasteiger charge is 2.16. The third-order valence-electron chi connectivity index (χ3n) is 4.24. The van der Waals surface area contributed by atoms with Gasteiger partial charge < -0.3 is 4.90 Å². The number of piperazine rings is 1. The van der Waals surface area contributed by atoms with Gasteiger partial charge in [0.1, 0.15) is 0 Å². The van der Waals surface area contributed by atoms with Crippen LogP contribution in [-0.4, -0.2) is 37.6 Å². The van der Waals surface area contributed by atoms with Crippen molar-refractivity contribution < 1.29 is 0 Å². The Labute approximate surface area is 124 Å². The average Bonchev–Trinajstić information content (AvgIpc) is 2.47. The predicted molar refractivity (Wildman–Crippen MR) is 88.5 cm³/mol. The molecule has 1 aliphatic rings. The molecular formula is C18H30N2. The molecule has 2 nitrogen and oxygen atoms in total. The third kappa shape index (κ3) is 4.52. The molecule has 2 heteroatoms. The molecule has 1 saturated heterocycles. The van der Waals surface area contributed by atoms with Crippen molar-refractivity contribution in [1.82, 2.24) is 4.90 Å². The molecule has 1 aromatic carbocycles. The van der Waals surface area contributed by atoms with Crippen LogP contribution in [0.5, 0.6) is 0 Å². The lowest BCUT2D eigenvalue weighted by atomic mass is 10.1. The zero-order chi connectivity index (χ0) is 14.4. The number of rotatable bonds is 6. The number of anilines is 1. The van der Waals surface area contributed by atoms with E-state index in [1.54, 1.807) is 0 Å². The first kappa shape index (κ1) is 15.4. The largest absolute Gasteiger partial charge is 0.369 e. The van der Waals surface area contributed by atoms with Crippen LogP contribution in [0, 0.1) is 5.92 Å². The number of benzene rings is 1. The molecule has 1 aromatic rings. The van der Waals surface area contributed by atoms with E-state index in [0.29, 0.717) is 0 Å². The summed E-state index contributed by atoms with van der Waals surface area (Å²) in [5.41, 5.74) is 2.86. The van der Waals surface area contributed by atoms with Crippen LogP contribution in [0.2, 0.25) is 0 Å². The van der Waals surface area contributed by atoms with Crippen molar-refractivity contribution in [1.29, 1.82) is 0 Å². The summed E-state index contributed by atoms with van der Waals surface area (Å²) in [5, 5.41) is 0. The van der Waals surface area contributed by atoms with Crippen molar-refractivity contribution in [2.75, 3.05) is 37.6 Å². The van der Waals surface area contributed by atoms with Crippen LogP contribution in [0.4, 0.5) is 5.69 Å². The molecule has 20 heavy (non-hydrogen) atoms. The molecular weight excluding hydrogens is 244 g/mol. The summed E-state index contributed by atoms with van der Waals surface area (Å²) in [4.78, 5) is 5.14. The van der Waals surface area contributed by atoms with E-state index >= 15 is 0 Å². The monoisotopic (exact) mass is 274 g/mol. The van der Waals surface area contributed by atoms with E-state index in [1.807, 2.05) is 0 Å². The van der Waals surface area contributed by atoms with Crippen LogP contribution >= 0.6 is 0 Å². The molecule has 0 N–H and O–H groups in total. The Balaban J connectivity index is 1.81. The van der Waals surface area contributed by atoms with Gasteiger partial charge >= 0.3 is 0 Å². The van der Waals surface area contributed by atoms with Gasteiger partial charge in [-0.3, -0.25) is 4.90 Å². The number of hydrogen-bond acceptors (Lipinski definition) is 2. The molecule has 1 heterocycles. The lowest BCUT2D eigenvalue weighted by molar-refractivity contribution is 0.244. The van der Waals surface area contributed by atoms with Gasteiger partial charge in [-0.1, -0.05) is 39.3 Å². The zero-order valence-corrected chi connectivity index (χ0v) is 13.4. The van der Waals surface area contributed by atoms with Gasteiger partial charge in [0.05, 0.1) is 0 Å². The summed E-state index contributed by atoms with van der Waals surface area (Å²) in [5.74, 6) is 0.819. The second-order valence-corrected chi connectivity index (χ2v) is 6.43. The Kier molecular flexibility index (Phi) is 5.90. The normalized spacial score (nSPS) is 16.9. The van der Waals surface area contributed by atoms with Crippen LogP contribution in [0.15, 0.2) is 24.3 Å². The summed E-state index contributed by atoms with van der Waals surface area (Å²) in [7, 11) is 0. The van der Waals surface area contributed by atoms with Crippen LogP contribution in [0.1, 0.15) is 39.2 Å². The van der Waals surface area contributed by atoms with E-state index < -0.39 is 0 Å². The maximum absolute atomic E-state index is 2.61. The van der Waals surface area contributed by atoms with E-state index in [2.05, 4.69) is 54.8 Å². The summed E-state index contributed by atoms with van der Waals surface area (Å²) in [6.07, 6.45) is 3.75. The topological polar surface area (TPSA) is 6.48 Å². The molecule has 0 spiro atoms. The second kappa shape index (κ2) is 7.68. The van der Waals surface area contributed by atoms with Crippen LogP contribution in [0.25, 0.3) is 0 Å². The highest BCUT2D eigenvalue weighted by Crippen LogP contribution is 2.18. The molecule has 1 aliphatic heterocycles. The van der Waals surface area contributed by atoms with Crippen molar-refractivity contribution in [3.63, 3.8) is 0 Å². The lowest BCUT2D eigenvalue weighted by Crippen LogP contribution is -2.46. The van der Waals surface area contributed by atoms with E-state index in [0.717, 1.165) is 5.92 Å². The Bertz CT molecular complexity index is 375. The number of nitrogens with zero attached hydrogens (tertiary/aromatic N) is 2. The van der Waals surface area contributed by atoms with Gasteiger partial charge in [-0.05, 0) is 43.0 Å². The van der Waals surface area contributed by atoms with E-state index in [9.17, 15) is 0 Å². The maximum atomic E-state index is 2.61. The molecule has 1 fully saturated rings. The Hall–Kier alpha value is -1.02. The van der Waals surface area contributed by atoms with Crippen molar-refractivity contribution in [2.24, 2.45) is 5.92 Å². The maximum Gasteiger partial charge on any atom is 0.0367 e. The number of hydrogen-bond donors (Lipinski definition) is 0. The molecule has 112 valence electrons. The molecule has 0 amide bonds. The molecule has 0 bridgehead atoms. The van der Waals surface area contributed by atoms with Gasteiger partial charge in [-0.15, -0.1) is 0 Å². The van der Waals surface area contributed by atoms with E-state index in [-0.39, 0.29) is 0 Å². The summed E-state index contributed by atoms with van der Waals surface area (Å²) in [6.45, 7) is 12.9. The predicted octanol–water partition coefficient (Wildman–Crippen LogP) is 3.81. The molecule has 2 rings (SSSR count).